The number of hydroxylamine groups is 1. The van der Waals surface area contributed by atoms with E-state index in [0.717, 1.165) is 11.3 Å². The molecule has 0 saturated carbocycles. The van der Waals surface area contributed by atoms with Crippen LogP contribution in [0.1, 0.15) is 5.56 Å². The average Bonchev–Trinajstić information content (AvgIpc) is 2.46. The van der Waals surface area contributed by atoms with E-state index in [0.29, 0.717) is 6.54 Å². The molecule has 0 aliphatic carbocycles. The zero-order valence-corrected chi connectivity index (χ0v) is 5.95. The molecule has 1 aliphatic rings. The molecule has 0 unspecified atom stereocenters. The van der Waals surface area contributed by atoms with Crippen molar-refractivity contribution in [1.29, 1.82) is 0 Å². The number of para-hydroxylation sites is 1. The number of fused-ring (bicyclic) bond motifs is 1. The number of benzene rings is 1. The predicted octanol–water partition coefficient (Wildman–Crippen LogP) is 0.174. The van der Waals surface area contributed by atoms with Crippen LogP contribution in [-0.4, -0.2) is 5.17 Å². The lowest BCUT2D eigenvalue weighted by molar-refractivity contribution is -0.0926. The van der Waals surface area contributed by atoms with Crippen molar-refractivity contribution in [3.8, 4) is 5.75 Å². The second kappa shape index (κ2) is 2.50. The highest BCUT2D eigenvalue weighted by Gasteiger charge is 2.18. The Bertz CT molecular complexity index is 239. The van der Waals surface area contributed by atoms with E-state index in [1.807, 2.05) is 24.3 Å². The van der Waals surface area contributed by atoms with Crippen LogP contribution in [0.5, 0.6) is 5.75 Å². The second-order valence-electron chi connectivity index (χ2n) is 2.36. The van der Waals surface area contributed by atoms with Crippen LogP contribution in [0.3, 0.4) is 0 Å². The van der Waals surface area contributed by atoms with Gasteiger partial charge >= 0.3 is 0 Å². The molecule has 1 heterocycles. The summed E-state index contributed by atoms with van der Waals surface area (Å²) in [6.07, 6.45) is 0. The molecular weight excluding hydrogens is 142 g/mol. The van der Waals surface area contributed by atoms with E-state index >= 15 is 0 Å². The minimum absolute atomic E-state index is 0.687. The number of rotatable bonds is 1. The molecule has 0 spiro atoms. The summed E-state index contributed by atoms with van der Waals surface area (Å²) in [6.45, 7) is 0.687. The van der Waals surface area contributed by atoms with Gasteiger partial charge in [-0.15, -0.1) is 0 Å². The van der Waals surface area contributed by atoms with Gasteiger partial charge in [0.1, 0.15) is 0 Å². The van der Waals surface area contributed by atoms with Gasteiger partial charge in [0, 0.05) is 5.56 Å². The van der Waals surface area contributed by atoms with Crippen LogP contribution in [0, 0.1) is 0 Å². The van der Waals surface area contributed by atoms with Crippen molar-refractivity contribution in [3.63, 3.8) is 0 Å². The lowest BCUT2D eigenvalue weighted by atomic mass is 10.2. The molecule has 0 bridgehead atoms. The van der Waals surface area contributed by atoms with E-state index in [9.17, 15) is 0 Å². The summed E-state index contributed by atoms with van der Waals surface area (Å²) < 4.78 is 0. The molecule has 58 valence electrons. The van der Waals surface area contributed by atoms with Gasteiger partial charge in [-0.05, 0) is 6.07 Å². The molecule has 4 heteroatoms. The Hall–Kier alpha value is -1.10. The van der Waals surface area contributed by atoms with Gasteiger partial charge in [-0.3, -0.25) is 5.84 Å². The summed E-state index contributed by atoms with van der Waals surface area (Å²) in [4.78, 5) is 5.25. The minimum atomic E-state index is 0.687. The highest BCUT2D eigenvalue weighted by Crippen LogP contribution is 2.25. The summed E-state index contributed by atoms with van der Waals surface area (Å²) in [5.74, 6) is 6.03. The third-order valence-electron chi connectivity index (χ3n) is 1.64. The zero-order valence-electron chi connectivity index (χ0n) is 5.95. The largest absolute Gasteiger partial charge is 0.389 e. The van der Waals surface area contributed by atoms with Crippen LogP contribution in [0.4, 0.5) is 0 Å². The normalized spacial score (nSPS) is 16.1. The van der Waals surface area contributed by atoms with Crippen molar-refractivity contribution in [3.05, 3.63) is 29.8 Å². The smallest absolute Gasteiger partial charge is 0.154 e. The van der Waals surface area contributed by atoms with Crippen LogP contribution >= 0.6 is 0 Å². The summed E-state index contributed by atoms with van der Waals surface area (Å²) in [5.41, 5.74) is 3.57. The fraction of sp³-hybridized carbons (Fsp3) is 0.143. The first kappa shape index (κ1) is 6.60. The fourth-order valence-electron chi connectivity index (χ4n) is 1.10. The highest BCUT2D eigenvalue weighted by molar-refractivity contribution is 5.34. The lowest BCUT2D eigenvalue weighted by Crippen LogP contribution is -2.41. The molecule has 1 aliphatic heterocycles. The first-order valence-electron chi connectivity index (χ1n) is 3.40. The van der Waals surface area contributed by atoms with E-state index in [-0.39, 0.29) is 0 Å². The third kappa shape index (κ3) is 1.07. The molecule has 3 N–H and O–H groups in total. The lowest BCUT2D eigenvalue weighted by Gasteiger charge is -2.10. The summed E-state index contributed by atoms with van der Waals surface area (Å²) in [6, 6.07) is 7.82. The Kier molecular flexibility index (Phi) is 1.50. The van der Waals surface area contributed by atoms with Gasteiger partial charge in [0.25, 0.3) is 0 Å². The number of nitrogens with two attached hydrogens (primary N) is 1. The SMILES string of the molecule is NNN1Cc2ccccc2O1. The molecule has 2 rings (SSSR count). The monoisotopic (exact) mass is 151 g/mol. The maximum absolute atomic E-state index is 5.25. The number of nitrogens with zero attached hydrogens (tertiary/aromatic N) is 1. The van der Waals surface area contributed by atoms with E-state index in [4.69, 9.17) is 10.7 Å². The van der Waals surface area contributed by atoms with Gasteiger partial charge in [0.15, 0.2) is 5.75 Å². The van der Waals surface area contributed by atoms with Crippen molar-refractivity contribution in [1.82, 2.24) is 10.7 Å². The molecule has 1 aromatic rings. The van der Waals surface area contributed by atoms with Crippen LogP contribution in [0.25, 0.3) is 0 Å². The molecule has 0 fully saturated rings. The van der Waals surface area contributed by atoms with Crippen LogP contribution in [-0.2, 0) is 6.54 Å². The van der Waals surface area contributed by atoms with Crippen molar-refractivity contribution >= 4 is 0 Å². The first-order valence-corrected chi connectivity index (χ1v) is 3.40. The molecule has 0 saturated heterocycles. The Morgan fingerprint density at radius 2 is 2.27 bits per heavy atom. The Labute approximate surface area is 64.4 Å². The maximum atomic E-state index is 5.25. The Morgan fingerprint density at radius 3 is 3.00 bits per heavy atom. The minimum Gasteiger partial charge on any atom is -0.389 e. The Balaban J connectivity index is 2.27. The standard InChI is InChI=1S/C7H9N3O/c8-9-10-5-6-3-1-2-4-7(6)11-10/h1-4,9H,5,8H2. The molecule has 0 radical (unpaired) electrons. The van der Waals surface area contributed by atoms with Gasteiger partial charge < -0.3 is 4.84 Å². The zero-order chi connectivity index (χ0) is 7.68. The van der Waals surface area contributed by atoms with Crippen LogP contribution < -0.4 is 16.2 Å². The summed E-state index contributed by atoms with van der Waals surface area (Å²) in [7, 11) is 0. The number of hydrogen-bond acceptors (Lipinski definition) is 4. The molecule has 1 aromatic carbocycles. The molecule has 0 amide bonds. The van der Waals surface area contributed by atoms with Crippen molar-refractivity contribution < 1.29 is 4.84 Å². The van der Waals surface area contributed by atoms with Gasteiger partial charge in [0.05, 0.1) is 6.54 Å². The quantitative estimate of drug-likeness (QED) is 0.444. The summed E-state index contributed by atoms with van der Waals surface area (Å²) >= 11 is 0. The molecular formula is C7H9N3O. The van der Waals surface area contributed by atoms with Crippen molar-refractivity contribution in [2.75, 3.05) is 0 Å². The van der Waals surface area contributed by atoms with Crippen LogP contribution in [0.2, 0.25) is 0 Å². The highest BCUT2D eigenvalue weighted by atomic mass is 16.7. The number of hydrogen-bond donors (Lipinski definition) is 2. The first-order chi connectivity index (χ1) is 5.40. The Morgan fingerprint density at radius 1 is 1.45 bits per heavy atom. The topological polar surface area (TPSA) is 50.5 Å². The van der Waals surface area contributed by atoms with Gasteiger partial charge in [0.2, 0.25) is 0 Å². The van der Waals surface area contributed by atoms with Gasteiger partial charge in [-0.25, -0.2) is 0 Å². The van der Waals surface area contributed by atoms with E-state index in [1.54, 1.807) is 0 Å². The third-order valence-corrected chi connectivity index (χ3v) is 1.64. The van der Waals surface area contributed by atoms with E-state index < -0.39 is 0 Å². The van der Waals surface area contributed by atoms with Gasteiger partial charge in [-0.1, -0.05) is 23.4 Å². The molecule has 4 nitrogen and oxygen atoms in total. The summed E-state index contributed by atoms with van der Waals surface area (Å²) in [5, 5.41) is 1.48. The number of hydrazine groups is 2. The average molecular weight is 151 g/mol. The van der Waals surface area contributed by atoms with Gasteiger partial charge in [-0.2, -0.15) is 5.53 Å². The van der Waals surface area contributed by atoms with E-state index in [1.165, 1.54) is 5.17 Å². The van der Waals surface area contributed by atoms with Crippen LogP contribution in [0.15, 0.2) is 24.3 Å². The van der Waals surface area contributed by atoms with Crippen molar-refractivity contribution in [2.24, 2.45) is 5.84 Å². The fourth-order valence-corrected chi connectivity index (χ4v) is 1.10. The maximum Gasteiger partial charge on any atom is 0.154 e. The predicted molar refractivity (Wildman–Crippen MR) is 39.9 cm³/mol. The number of nitrogens with one attached hydrogen (secondary N) is 1. The van der Waals surface area contributed by atoms with E-state index in [2.05, 4.69) is 5.53 Å². The molecule has 0 aromatic heterocycles. The van der Waals surface area contributed by atoms with Crippen molar-refractivity contribution in [2.45, 2.75) is 6.54 Å². The molecule has 11 heavy (non-hydrogen) atoms. The molecule has 0 atom stereocenters. The second-order valence-corrected chi connectivity index (χ2v) is 2.36.